The number of phenols is 2. The molecule has 0 aliphatic carbocycles. The van der Waals surface area contributed by atoms with Gasteiger partial charge in [-0.2, -0.15) is 0 Å². The Kier molecular flexibility index (Phi) is 3.42. The van der Waals surface area contributed by atoms with Gasteiger partial charge in [0.1, 0.15) is 0 Å². The fourth-order valence-corrected chi connectivity index (χ4v) is 1.32. The summed E-state index contributed by atoms with van der Waals surface area (Å²) in [5.41, 5.74) is 0.140. The first kappa shape index (κ1) is 11.7. The van der Waals surface area contributed by atoms with Crippen LogP contribution in [0.2, 0.25) is 5.02 Å². The van der Waals surface area contributed by atoms with Gasteiger partial charge in [0.25, 0.3) is 5.91 Å². The van der Waals surface area contributed by atoms with Crippen LogP contribution < -0.4 is 5.32 Å². The molecular formula is C10H12ClNO3. The summed E-state index contributed by atoms with van der Waals surface area (Å²) in [5.74, 6) is -1.21. The first-order valence-electron chi connectivity index (χ1n) is 4.44. The number of carbonyl (C=O) groups is 1. The Hall–Kier alpha value is -1.42. The van der Waals surface area contributed by atoms with Crippen molar-refractivity contribution in [2.24, 2.45) is 0 Å². The Morgan fingerprint density at radius 3 is 2.53 bits per heavy atom. The number of nitrogens with one attached hydrogen (secondary N) is 1. The van der Waals surface area contributed by atoms with Crippen LogP contribution in [0, 0.1) is 0 Å². The van der Waals surface area contributed by atoms with E-state index in [1.165, 1.54) is 12.1 Å². The van der Waals surface area contributed by atoms with E-state index in [0.717, 1.165) is 0 Å². The Morgan fingerprint density at radius 2 is 2.00 bits per heavy atom. The minimum absolute atomic E-state index is 0.0236. The third-order valence-corrected chi connectivity index (χ3v) is 2.14. The number of hydrogen-bond donors (Lipinski definition) is 3. The van der Waals surface area contributed by atoms with E-state index >= 15 is 0 Å². The molecule has 0 unspecified atom stereocenters. The minimum Gasteiger partial charge on any atom is -0.504 e. The highest BCUT2D eigenvalue weighted by Crippen LogP contribution is 2.35. The van der Waals surface area contributed by atoms with Gasteiger partial charge >= 0.3 is 0 Å². The van der Waals surface area contributed by atoms with Gasteiger partial charge in [0.2, 0.25) is 0 Å². The Labute approximate surface area is 92.5 Å². The number of aromatic hydroxyl groups is 2. The maximum atomic E-state index is 11.6. The molecule has 3 N–H and O–H groups in total. The van der Waals surface area contributed by atoms with E-state index < -0.39 is 5.75 Å². The van der Waals surface area contributed by atoms with Gasteiger partial charge in [0.05, 0.1) is 10.6 Å². The van der Waals surface area contributed by atoms with E-state index in [1.54, 1.807) is 0 Å². The molecular weight excluding hydrogens is 218 g/mol. The molecule has 82 valence electrons. The lowest BCUT2D eigenvalue weighted by Crippen LogP contribution is -2.30. The molecule has 0 fully saturated rings. The van der Waals surface area contributed by atoms with Gasteiger partial charge in [-0.05, 0) is 26.0 Å². The Morgan fingerprint density at radius 1 is 1.40 bits per heavy atom. The molecule has 0 saturated carbocycles. The summed E-state index contributed by atoms with van der Waals surface area (Å²) in [6.45, 7) is 3.62. The van der Waals surface area contributed by atoms with Crippen molar-refractivity contribution in [1.29, 1.82) is 0 Å². The quantitative estimate of drug-likeness (QED) is 0.679. The molecule has 0 atom stereocenters. The lowest BCUT2D eigenvalue weighted by Gasteiger charge is -2.10. The van der Waals surface area contributed by atoms with Gasteiger partial charge in [0.15, 0.2) is 11.5 Å². The van der Waals surface area contributed by atoms with Crippen molar-refractivity contribution in [2.75, 3.05) is 0 Å². The van der Waals surface area contributed by atoms with Gasteiger partial charge in [-0.25, -0.2) is 0 Å². The molecule has 0 aliphatic heterocycles. The van der Waals surface area contributed by atoms with Crippen LogP contribution in [0.4, 0.5) is 0 Å². The minimum atomic E-state index is -0.479. The third-order valence-electron chi connectivity index (χ3n) is 1.76. The monoisotopic (exact) mass is 229 g/mol. The molecule has 1 amide bonds. The summed E-state index contributed by atoms with van der Waals surface area (Å²) < 4.78 is 0. The third kappa shape index (κ3) is 2.53. The van der Waals surface area contributed by atoms with E-state index in [0.29, 0.717) is 0 Å². The molecule has 5 heteroatoms. The molecule has 0 heterocycles. The number of hydrogen-bond acceptors (Lipinski definition) is 3. The Balaban J connectivity index is 3.06. The van der Waals surface area contributed by atoms with E-state index in [9.17, 15) is 9.90 Å². The molecule has 15 heavy (non-hydrogen) atoms. The van der Waals surface area contributed by atoms with Crippen molar-refractivity contribution >= 4 is 17.5 Å². The van der Waals surface area contributed by atoms with Crippen LogP contribution in [-0.4, -0.2) is 22.2 Å². The molecule has 0 saturated heterocycles. The fraction of sp³-hybridized carbons (Fsp3) is 0.300. The number of carbonyl (C=O) groups excluding carboxylic acids is 1. The summed E-state index contributed by atoms with van der Waals surface area (Å²) in [5, 5.41) is 20.9. The molecule has 1 aromatic carbocycles. The zero-order valence-corrected chi connectivity index (χ0v) is 9.17. The lowest BCUT2D eigenvalue weighted by molar-refractivity contribution is 0.0943. The molecule has 1 rings (SSSR count). The van der Waals surface area contributed by atoms with Gasteiger partial charge in [-0.15, -0.1) is 0 Å². The van der Waals surface area contributed by atoms with E-state index in [1.807, 2.05) is 13.8 Å². The summed E-state index contributed by atoms with van der Waals surface area (Å²) in [4.78, 5) is 11.6. The van der Waals surface area contributed by atoms with Crippen LogP contribution in [0.25, 0.3) is 0 Å². The number of halogens is 1. The second kappa shape index (κ2) is 4.40. The van der Waals surface area contributed by atoms with Gasteiger partial charge in [-0.3, -0.25) is 4.79 Å². The van der Waals surface area contributed by atoms with Gasteiger partial charge in [-0.1, -0.05) is 11.6 Å². The highest BCUT2D eigenvalue weighted by molar-refractivity contribution is 6.35. The van der Waals surface area contributed by atoms with Crippen LogP contribution in [0.5, 0.6) is 11.5 Å². The van der Waals surface area contributed by atoms with Crippen LogP contribution in [0.15, 0.2) is 12.1 Å². The van der Waals surface area contributed by atoms with Crippen molar-refractivity contribution in [3.63, 3.8) is 0 Å². The predicted molar refractivity (Wildman–Crippen MR) is 57.4 cm³/mol. The van der Waals surface area contributed by atoms with E-state index in [4.69, 9.17) is 16.7 Å². The average molecular weight is 230 g/mol. The molecule has 0 radical (unpaired) electrons. The molecule has 4 nitrogen and oxygen atoms in total. The van der Waals surface area contributed by atoms with Gasteiger partial charge < -0.3 is 15.5 Å². The van der Waals surface area contributed by atoms with Crippen LogP contribution in [0.3, 0.4) is 0 Å². The van der Waals surface area contributed by atoms with Crippen molar-refractivity contribution < 1.29 is 15.0 Å². The molecule has 0 aliphatic rings. The first-order valence-corrected chi connectivity index (χ1v) is 4.82. The normalized spacial score (nSPS) is 10.4. The highest BCUT2D eigenvalue weighted by Gasteiger charge is 2.16. The molecule has 0 spiro atoms. The number of phenolic OH excluding ortho intramolecular Hbond substituents is 2. The fourth-order valence-electron chi connectivity index (χ4n) is 1.07. The van der Waals surface area contributed by atoms with E-state index in [2.05, 4.69) is 5.32 Å². The highest BCUT2D eigenvalue weighted by atomic mass is 35.5. The van der Waals surface area contributed by atoms with Crippen LogP contribution in [-0.2, 0) is 0 Å². The van der Waals surface area contributed by atoms with Gasteiger partial charge in [0, 0.05) is 6.04 Å². The van der Waals surface area contributed by atoms with Crippen molar-refractivity contribution in [3.8, 4) is 11.5 Å². The Bertz CT molecular complexity index is 390. The maximum absolute atomic E-state index is 11.6. The largest absolute Gasteiger partial charge is 0.504 e. The standard InChI is InChI=1S/C10H12ClNO3/c1-5(2)12-10(15)6-3-4-7(13)9(14)8(6)11/h3-5,13-14H,1-2H3,(H,12,15). The van der Waals surface area contributed by atoms with Crippen molar-refractivity contribution in [3.05, 3.63) is 22.7 Å². The summed E-state index contributed by atoms with van der Waals surface area (Å²) in [6.07, 6.45) is 0. The van der Waals surface area contributed by atoms with Crippen LogP contribution >= 0.6 is 11.6 Å². The number of benzene rings is 1. The lowest BCUT2D eigenvalue weighted by atomic mass is 10.1. The molecule has 0 bridgehead atoms. The van der Waals surface area contributed by atoms with Crippen molar-refractivity contribution in [2.45, 2.75) is 19.9 Å². The zero-order chi connectivity index (χ0) is 11.6. The predicted octanol–water partition coefficient (Wildman–Crippen LogP) is 1.89. The number of amides is 1. The topological polar surface area (TPSA) is 69.6 Å². The average Bonchev–Trinajstić information content (AvgIpc) is 2.13. The smallest absolute Gasteiger partial charge is 0.253 e. The summed E-state index contributed by atoms with van der Waals surface area (Å²) in [6, 6.07) is 2.55. The van der Waals surface area contributed by atoms with E-state index in [-0.39, 0.29) is 28.3 Å². The maximum Gasteiger partial charge on any atom is 0.253 e. The molecule has 0 aromatic heterocycles. The summed E-state index contributed by atoms with van der Waals surface area (Å²) >= 11 is 5.71. The molecule has 1 aromatic rings. The second-order valence-electron chi connectivity index (χ2n) is 3.42. The number of rotatable bonds is 2. The summed E-state index contributed by atoms with van der Waals surface area (Å²) in [7, 11) is 0. The van der Waals surface area contributed by atoms with Crippen molar-refractivity contribution in [1.82, 2.24) is 5.32 Å². The zero-order valence-electron chi connectivity index (χ0n) is 8.41. The van der Waals surface area contributed by atoms with Crippen LogP contribution in [0.1, 0.15) is 24.2 Å². The second-order valence-corrected chi connectivity index (χ2v) is 3.80. The first-order chi connectivity index (χ1) is 6.93. The SMILES string of the molecule is CC(C)NC(=O)c1ccc(O)c(O)c1Cl.